The first kappa shape index (κ1) is 12.2. The predicted octanol–water partition coefficient (Wildman–Crippen LogP) is 1.61. The molecule has 3 fully saturated rings. The topological polar surface area (TPSA) is 57.6 Å². The van der Waals surface area contributed by atoms with Crippen molar-refractivity contribution in [1.29, 1.82) is 0 Å². The Balaban J connectivity index is 1.88. The Morgan fingerprint density at radius 1 is 1.00 bits per heavy atom. The summed E-state index contributed by atoms with van der Waals surface area (Å²) in [5.74, 6) is -0.0309. The van der Waals surface area contributed by atoms with Gasteiger partial charge in [0.05, 0.1) is 17.6 Å². The Morgan fingerprint density at radius 2 is 1.67 bits per heavy atom. The molecule has 3 aliphatic rings. The summed E-state index contributed by atoms with van der Waals surface area (Å²) in [6.07, 6.45) is 7.93. The molecule has 0 aromatic heterocycles. The van der Waals surface area contributed by atoms with Gasteiger partial charge in [0.15, 0.2) is 0 Å². The first-order chi connectivity index (χ1) is 8.64. The summed E-state index contributed by atoms with van der Waals surface area (Å²) in [6, 6.07) is 0. The van der Waals surface area contributed by atoms with Gasteiger partial charge in [-0.2, -0.15) is 0 Å². The molecule has 0 unspecified atom stereocenters. The van der Waals surface area contributed by atoms with Crippen LogP contribution in [0.4, 0.5) is 0 Å². The molecular weight excluding hydrogens is 230 g/mol. The second-order valence-electron chi connectivity index (χ2n) is 6.29. The highest BCUT2D eigenvalue weighted by atomic mass is 16.3. The van der Waals surface area contributed by atoms with E-state index in [1.165, 1.54) is 11.3 Å². The largest absolute Gasteiger partial charge is 0.394 e. The summed E-state index contributed by atoms with van der Waals surface area (Å²) < 4.78 is 0. The van der Waals surface area contributed by atoms with E-state index in [1.54, 1.807) is 0 Å². The highest BCUT2D eigenvalue weighted by Crippen LogP contribution is 2.50. The number of hydrogen-bond acceptors (Lipinski definition) is 3. The Bertz CT molecular complexity index is 375. The third-order valence-electron chi connectivity index (χ3n) is 5.26. The molecule has 4 heteroatoms. The maximum atomic E-state index is 12.7. The van der Waals surface area contributed by atoms with Crippen LogP contribution in [0.5, 0.6) is 0 Å². The molecule has 4 nitrogen and oxygen atoms in total. The van der Waals surface area contributed by atoms with Crippen LogP contribution in [0, 0.1) is 5.41 Å². The van der Waals surface area contributed by atoms with Crippen LogP contribution in [0.15, 0.2) is 0 Å². The van der Waals surface area contributed by atoms with E-state index in [-0.39, 0.29) is 18.4 Å². The molecule has 1 N–H and O–H groups in total. The summed E-state index contributed by atoms with van der Waals surface area (Å²) in [7, 11) is 0. The summed E-state index contributed by atoms with van der Waals surface area (Å²) in [6.45, 7) is -0.0689. The van der Waals surface area contributed by atoms with Crippen LogP contribution < -0.4 is 0 Å². The van der Waals surface area contributed by atoms with E-state index in [9.17, 15) is 14.7 Å². The van der Waals surface area contributed by atoms with Crippen molar-refractivity contribution in [2.24, 2.45) is 5.41 Å². The Labute approximate surface area is 107 Å². The molecule has 1 aliphatic heterocycles. The van der Waals surface area contributed by atoms with Crippen LogP contribution in [0.1, 0.15) is 57.8 Å². The van der Waals surface area contributed by atoms with Gasteiger partial charge in [-0.1, -0.05) is 19.3 Å². The molecule has 2 aliphatic carbocycles. The Morgan fingerprint density at radius 3 is 2.17 bits per heavy atom. The number of nitrogens with zero attached hydrogens (tertiary/aromatic N) is 1. The van der Waals surface area contributed by atoms with Crippen LogP contribution in [-0.2, 0) is 9.59 Å². The number of hydrogen-bond donors (Lipinski definition) is 1. The van der Waals surface area contributed by atoms with Gasteiger partial charge >= 0.3 is 0 Å². The van der Waals surface area contributed by atoms with E-state index in [2.05, 4.69) is 0 Å². The Hall–Kier alpha value is -0.900. The summed E-state index contributed by atoms with van der Waals surface area (Å²) in [5.41, 5.74) is -0.956. The van der Waals surface area contributed by atoms with Crippen LogP contribution in [0.3, 0.4) is 0 Å². The second-order valence-corrected chi connectivity index (χ2v) is 6.29. The number of amides is 2. The van der Waals surface area contributed by atoms with Gasteiger partial charge in [-0.3, -0.25) is 14.5 Å². The molecule has 1 saturated heterocycles. The molecule has 18 heavy (non-hydrogen) atoms. The number of aliphatic hydroxyl groups excluding tert-OH is 1. The van der Waals surface area contributed by atoms with Crippen molar-refractivity contribution in [3.05, 3.63) is 0 Å². The number of aliphatic hydroxyl groups is 1. The van der Waals surface area contributed by atoms with Gasteiger partial charge in [-0.25, -0.2) is 0 Å². The van der Waals surface area contributed by atoms with E-state index in [4.69, 9.17) is 0 Å². The molecule has 2 saturated carbocycles. The number of rotatable bonds is 2. The molecule has 0 atom stereocenters. The van der Waals surface area contributed by atoms with Crippen molar-refractivity contribution in [3.63, 3.8) is 0 Å². The average molecular weight is 251 g/mol. The van der Waals surface area contributed by atoms with Gasteiger partial charge in [0.1, 0.15) is 0 Å². The molecule has 0 aromatic carbocycles. The molecule has 3 rings (SSSR count). The van der Waals surface area contributed by atoms with E-state index in [1.807, 2.05) is 0 Å². The lowest BCUT2D eigenvalue weighted by atomic mass is 9.72. The van der Waals surface area contributed by atoms with Gasteiger partial charge in [0.2, 0.25) is 11.8 Å². The number of carbonyl (C=O) groups excluding carboxylic acids is 2. The third-order valence-corrected chi connectivity index (χ3v) is 5.26. The standard InChI is InChI=1S/C14H21NO3/c16-10-14(7-4-8-14)15-11(17)9-13(12(15)18)5-2-1-3-6-13/h16H,1-10H2. The number of carbonyl (C=O) groups is 2. The van der Waals surface area contributed by atoms with Crippen LogP contribution in [0.25, 0.3) is 0 Å². The SMILES string of the molecule is O=C1CC2(CCCCC2)C(=O)N1C1(CO)CCC1. The lowest BCUT2D eigenvalue weighted by Gasteiger charge is -2.47. The quantitative estimate of drug-likeness (QED) is 0.759. The lowest BCUT2D eigenvalue weighted by molar-refractivity contribution is -0.156. The fraction of sp³-hybridized carbons (Fsp3) is 0.857. The molecule has 0 aromatic rings. The zero-order valence-electron chi connectivity index (χ0n) is 10.8. The first-order valence-corrected chi connectivity index (χ1v) is 7.12. The fourth-order valence-corrected chi connectivity index (χ4v) is 3.93. The highest BCUT2D eigenvalue weighted by Gasteiger charge is 2.58. The van der Waals surface area contributed by atoms with Gasteiger partial charge in [0.25, 0.3) is 0 Å². The van der Waals surface area contributed by atoms with Gasteiger partial charge in [-0.15, -0.1) is 0 Å². The summed E-state index contributed by atoms with van der Waals surface area (Å²) in [5, 5.41) is 9.57. The van der Waals surface area contributed by atoms with Crippen molar-refractivity contribution in [1.82, 2.24) is 4.90 Å². The molecular formula is C14H21NO3. The van der Waals surface area contributed by atoms with Gasteiger partial charge in [0, 0.05) is 6.42 Å². The van der Waals surface area contributed by atoms with Crippen molar-refractivity contribution in [3.8, 4) is 0 Å². The van der Waals surface area contributed by atoms with Crippen molar-refractivity contribution in [2.45, 2.75) is 63.3 Å². The van der Waals surface area contributed by atoms with Crippen LogP contribution >= 0.6 is 0 Å². The molecule has 1 heterocycles. The minimum Gasteiger partial charge on any atom is -0.394 e. The van der Waals surface area contributed by atoms with E-state index in [0.717, 1.165) is 44.9 Å². The first-order valence-electron chi connectivity index (χ1n) is 7.12. The number of imide groups is 1. The molecule has 1 spiro atoms. The average Bonchev–Trinajstić information content (AvgIpc) is 2.54. The van der Waals surface area contributed by atoms with Crippen LogP contribution in [0.2, 0.25) is 0 Å². The minimum absolute atomic E-state index is 0.0148. The molecule has 100 valence electrons. The normalized spacial score (nSPS) is 29.7. The van der Waals surface area contributed by atoms with Crippen molar-refractivity contribution < 1.29 is 14.7 Å². The maximum Gasteiger partial charge on any atom is 0.236 e. The monoisotopic (exact) mass is 251 g/mol. The van der Waals surface area contributed by atoms with Crippen LogP contribution in [-0.4, -0.2) is 34.0 Å². The van der Waals surface area contributed by atoms with Crippen molar-refractivity contribution in [2.75, 3.05) is 6.61 Å². The smallest absolute Gasteiger partial charge is 0.236 e. The zero-order chi connectivity index (χ0) is 12.8. The third kappa shape index (κ3) is 1.48. The van der Waals surface area contributed by atoms with Gasteiger partial charge in [-0.05, 0) is 32.1 Å². The molecule has 0 radical (unpaired) electrons. The van der Waals surface area contributed by atoms with Crippen molar-refractivity contribution >= 4 is 11.8 Å². The number of likely N-dealkylation sites (tertiary alicyclic amines) is 1. The highest BCUT2D eigenvalue weighted by molar-refractivity contribution is 6.06. The van der Waals surface area contributed by atoms with E-state index >= 15 is 0 Å². The summed E-state index contributed by atoms with van der Waals surface area (Å²) in [4.78, 5) is 26.4. The molecule has 2 amide bonds. The second kappa shape index (κ2) is 4.05. The van der Waals surface area contributed by atoms with Gasteiger partial charge < -0.3 is 5.11 Å². The fourth-order valence-electron chi connectivity index (χ4n) is 3.93. The molecule has 0 bridgehead atoms. The summed E-state index contributed by atoms with van der Waals surface area (Å²) >= 11 is 0. The lowest BCUT2D eigenvalue weighted by Crippen LogP contribution is -2.59. The minimum atomic E-state index is -0.547. The maximum absolute atomic E-state index is 12.7. The van der Waals surface area contributed by atoms with E-state index in [0.29, 0.717) is 6.42 Å². The Kier molecular flexibility index (Phi) is 2.73. The predicted molar refractivity (Wildman–Crippen MR) is 65.7 cm³/mol. The van der Waals surface area contributed by atoms with E-state index < -0.39 is 11.0 Å². The zero-order valence-corrected chi connectivity index (χ0v) is 10.8.